The fourth-order valence-electron chi connectivity index (χ4n) is 1.18. The lowest BCUT2D eigenvalue weighted by Crippen LogP contribution is -1.95. The summed E-state index contributed by atoms with van der Waals surface area (Å²) in [5, 5.41) is 0.981. The van der Waals surface area contributed by atoms with Crippen molar-refractivity contribution < 1.29 is 9.53 Å². The minimum atomic E-state index is -0.828. The van der Waals surface area contributed by atoms with Crippen molar-refractivity contribution in [2.24, 2.45) is 0 Å². The van der Waals surface area contributed by atoms with Crippen molar-refractivity contribution in [1.82, 2.24) is 4.98 Å². The summed E-state index contributed by atoms with van der Waals surface area (Å²) in [4.78, 5) is 14.8. The molecule has 0 saturated carbocycles. The van der Waals surface area contributed by atoms with Crippen molar-refractivity contribution >= 4 is 38.6 Å². The van der Waals surface area contributed by atoms with E-state index in [1.165, 1.54) is 0 Å². The first-order chi connectivity index (χ1) is 6.65. The summed E-state index contributed by atoms with van der Waals surface area (Å²) in [6.45, 7) is 1.93. The predicted molar refractivity (Wildman–Crippen MR) is 56.2 cm³/mol. The largest absolute Gasteiger partial charge is 0.414 e. The van der Waals surface area contributed by atoms with E-state index >= 15 is 0 Å². The van der Waals surface area contributed by atoms with Crippen LogP contribution in [0.2, 0.25) is 0 Å². The Labute approximate surface area is 89.3 Å². The van der Waals surface area contributed by atoms with E-state index in [0.29, 0.717) is 5.75 Å². The third kappa shape index (κ3) is 1.86. The Morgan fingerprint density at radius 3 is 3.07 bits per heavy atom. The van der Waals surface area contributed by atoms with Gasteiger partial charge in [0.2, 0.25) is 0 Å². The topological polar surface area (TPSA) is 39.2 Å². The molecule has 0 aliphatic rings. The Morgan fingerprint density at radius 1 is 1.57 bits per heavy atom. The molecule has 1 heterocycles. The number of aromatic nitrogens is 1. The van der Waals surface area contributed by atoms with Gasteiger partial charge in [-0.2, -0.15) is 0 Å². The molecule has 5 heteroatoms. The quantitative estimate of drug-likeness (QED) is 0.702. The minimum absolute atomic E-state index is 0.446. The lowest BCUT2D eigenvalue weighted by atomic mass is 10.3. The van der Waals surface area contributed by atoms with Gasteiger partial charge in [-0.1, -0.05) is 0 Å². The first kappa shape index (κ1) is 9.43. The van der Waals surface area contributed by atoms with Crippen molar-refractivity contribution in [2.75, 3.05) is 0 Å². The lowest BCUT2D eigenvalue weighted by Gasteiger charge is -1.97. The average Bonchev–Trinajstić information content (AvgIpc) is 2.42. The number of carbonyl (C=O) groups is 1. The molecule has 3 nitrogen and oxygen atoms in total. The van der Waals surface area contributed by atoms with Crippen molar-refractivity contribution in [3.63, 3.8) is 0 Å². The Balaban J connectivity index is 2.45. The molecule has 0 spiro atoms. The van der Waals surface area contributed by atoms with E-state index in [9.17, 15) is 4.79 Å². The maximum Gasteiger partial charge on any atom is 0.409 e. The number of rotatable bonds is 1. The van der Waals surface area contributed by atoms with Gasteiger partial charge in [0, 0.05) is 17.7 Å². The van der Waals surface area contributed by atoms with E-state index in [4.69, 9.17) is 16.3 Å². The van der Waals surface area contributed by atoms with Gasteiger partial charge in [0.25, 0.3) is 0 Å². The fourth-order valence-corrected chi connectivity index (χ4v) is 2.12. The summed E-state index contributed by atoms with van der Waals surface area (Å²) in [5.41, 5.74) is 0.0764. The third-order valence-electron chi connectivity index (χ3n) is 1.66. The molecule has 0 atom stereocenters. The monoisotopic (exact) mass is 227 g/mol. The Kier molecular flexibility index (Phi) is 2.39. The molecule has 0 radical (unpaired) electrons. The SMILES string of the molecule is Cc1nc2ccc(OC(=O)Cl)cc2s1. The summed E-state index contributed by atoms with van der Waals surface area (Å²) in [5.74, 6) is 0.446. The van der Waals surface area contributed by atoms with Crippen LogP contribution in [0.4, 0.5) is 4.79 Å². The molecule has 2 rings (SSSR count). The Morgan fingerprint density at radius 2 is 2.36 bits per heavy atom. The Bertz CT molecular complexity index is 495. The van der Waals surface area contributed by atoms with Gasteiger partial charge in [-0.3, -0.25) is 0 Å². The van der Waals surface area contributed by atoms with Crippen LogP contribution in [-0.2, 0) is 0 Å². The van der Waals surface area contributed by atoms with Gasteiger partial charge in [-0.15, -0.1) is 11.3 Å². The van der Waals surface area contributed by atoms with Gasteiger partial charge in [-0.05, 0) is 19.1 Å². The molecule has 0 N–H and O–H groups in total. The Hall–Kier alpha value is -1.13. The number of ether oxygens (including phenoxy) is 1. The lowest BCUT2D eigenvalue weighted by molar-refractivity contribution is 0.226. The van der Waals surface area contributed by atoms with E-state index in [2.05, 4.69) is 4.98 Å². The number of aryl methyl sites for hydroxylation is 1. The van der Waals surface area contributed by atoms with E-state index in [-0.39, 0.29) is 0 Å². The van der Waals surface area contributed by atoms with Crippen LogP contribution in [0.25, 0.3) is 10.2 Å². The molecule has 0 unspecified atom stereocenters. The molecule has 0 fully saturated rings. The van der Waals surface area contributed by atoms with Crippen LogP contribution in [0.15, 0.2) is 18.2 Å². The van der Waals surface area contributed by atoms with E-state index in [1.54, 1.807) is 29.5 Å². The van der Waals surface area contributed by atoms with Crippen molar-refractivity contribution in [2.45, 2.75) is 6.92 Å². The number of thiazole rings is 1. The zero-order chi connectivity index (χ0) is 10.1. The van der Waals surface area contributed by atoms with Crippen LogP contribution in [0.1, 0.15) is 5.01 Å². The highest BCUT2D eigenvalue weighted by atomic mass is 35.5. The van der Waals surface area contributed by atoms with Gasteiger partial charge >= 0.3 is 5.43 Å². The molecular weight excluding hydrogens is 222 g/mol. The first-order valence-corrected chi connectivity index (χ1v) is 5.09. The van der Waals surface area contributed by atoms with E-state index in [1.807, 2.05) is 6.92 Å². The van der Waals surface area contributed by atoms with Crippen LogP contribution >= 0.6 is 22.9 Å². The second kappa shape index (κ2) is 3.55. The fraction of sp³-hybridized carbons (Fsp3) is 0.111. The van der Waals surface area contributed by atoms with Gasteiger partial charge in [-0.25, -0.2) is 9.78 Å². The number of halogens is 1. The summed E-state index contributed by atoms with van der Waals surface area (Å²) in [6, 6.07) is 5.22. The summed E-state index contributed by atoms with van der Waals surface area (Å²) < 4.78 is 5.72. The van der Waals surface area contributed by atoms with Gasteiger partial charge in [0.15, 0.2) is 0 Å². The van der Waals surface area contributed by atoms with Gasteiger partial charge in [0.1, 0.15) is 5.75 Å². The molecule has 14 heavy (non-hydrogen) atoms. The number of nitrogens with zero attached hydrogens (tertiary/aromatic N) is 1. The normalized spacial score (nSPS) is 10.4. The highest BCUT2D eigenvalue weighted by Crippen LogP contribution is 2.26. The zero-order valence-electron chi connectivity index (χ0n) is 7.28. The third-order valence-corrected chi connectivity index (χ3v) is 2.68. The van der Waals surface area contributed by atoms with Crippen LogP contribution in [0, 0.1) is 6.92 Å². The highest BCUT2D eigenvalue weighted by molar-refractivity contribution is 7.18. The molecule has 0 amide bonds. The molecule has 72 valence electrons. The van der Waals surface area contributed by atoms with Gasteiger partial charge < -0.3 is 4.74 Å². The van der Waals surface area contributed by atoms with Crippen molar-refractivity contribution in [1.29, 1.82) is 0 Å². The average molecular weight is 228 g/mol. The molecule has 0 aliphatic heterocycles. The van der Waals surface area contributed by atoms with E-state index in [0.717, 1.165) is 15.2 Å². The molecule has 0 aliphatic carbocycles. The number of benzene rings is 1. The van der Waals surface area contributed by atoms with Crippen LogP contribution in [-0.4, -0.2) is 10.4 Å². The molecule has 1 aromatic heterocycles. The second-order valence-electron chi connectivity index (χ2n) is 2.70. The van der Waals surface area contributed by atoms with Crippen LogP contribution in [0.5, 0.6) is 5.75 Å². The maximum absolute atomic E-state index is 10.5. The van der Waals surface area contributed by atoms with Gasteiger partial charge in [0.05, 0.1) is 15.2 Å². The molecule has 0 saturated heterocycles. The molecular formula is C9H6ClNO2S. The summed E-state index contributed by atoms with van der Waals surface area (Å²) >= 11 is 6.64. The van der Waals surface area contributed by atoms with Crippen molar-refractivity contribution in [3.8, 4) is 5.75 Å². The number of hydrogen-bond acceptors (Lipinski definition) is 4. The van der Waals surface area contributed by atoms with Crippen molar-refractivity contribution in [3.05, 3.63) is 23.2 Å². The standard InChI is InChI=1S/C9H6ClNO2S/c1-5-11-7-3-2-6(13-9(10)12)4-8(7)14-5/h2-4H,1H3. The van der Waals surface area contributed by atoms with E-state index < -0.39 is 5.43 Å². The number of carbonyl (C=O) groups excluding carboxylic acids is 1. The van der Waals surface area contributed by atoms with Crippen LogP contribution in [0.3, 0.4) is 0 Å². The second-order valence-corrected chi connectivity index (χ2v) is 4.25. The summed E-state index contributed by atoms with van der Waals surface area (Å²) in [7, 11) is 0. The number of fused-ring (bicyclic) bond motifs is 1. The number of hydrogen-bond donors (Lipinski definition) is 0. The van der Waals surface area contributed by atoms with Crippen LogP contribution < -0.4 is 4.74 Å². The molecule has 2 aromatic rings. The summed E-state index contributed by atoms with van der Waals surface area (Å²) in [6.07, 6.45) is 0. The highest BCUT2D eigenvalue weighted by Gasteiger charge is 2.04. The molecule has 1 aromatic carbocycles. The zero-order valence-corrected chi connectivity index (χ0v) is 8.85. The smallest absolute Gasteiger partial charge is 0.409 e. The predicted octanol–water partition coefficient (Wildman–Crippen LogP) is 3.34. The molecule has 0 bridgehead atoms. The maximum atomic E-state index is 10.5. The minimum Gasteiger partial charge on any atom is -0.414 e. The first-order valence-electron chi connectivity index (χ1n) is 3.89.